The van der Waals surface area contributed by atoms with E-state index in [4.69, 9.17) is 5.11 Å². The maximum absolute atomic E-state index is 10.9. The molecule has 16 heavy (non-hydrogen) atoms. The molecule has 2 heterocycles. The molecule has 0 fully saturated rings. The van der Waals surface area contributed by atoms with Crippen LogP contribution in [0.25, 0.3) is 10.6 Å². The zero-order chi connectivity index (χ0) is 11.5. The lowest BCUT2D eigenvalue weighted by Gasteiger charge is -2.04. The minimum absolute atomic E-state index is 0.294. The van der Waals surface area contributed by atoms with Crippen LogP contribution in [0.5, 0.6) is 0 Å². The molecule has 0 unspecified atom stereocenters. The topological polar surface area (TPSA) is 50.2 Å². The molecule has 0 aliphatic heterocycles. The van der Waals surface area contributed by atoms with Gasteiger partial charge in [-0.25, -0.2) is 4.79 Å². The molecule has 0 radical (unpaired) electrons. The van der Waals surface area contributed by atoms with E-state index in [2.05, 4.69) is 4.98 Å². The largest absolute Gasteiger partial charge is 0.478 e. The Morgan fingerprint density at radius 2 is 2.25 bits per heavy atom. The number of carboxylic acid groups (broad SMARTS) is 1. The maximum Gasteiger partial charge on any atom is 0.337 e. The maximum atomic E-state index is 10.9. The third kappa shape index (κ3) is 1.97. The molecule has 0 spiro atoms. The number of nitrogens with zero attached hydrogens (tertiary/aromatic N) is 1. The lowest BCUT2D eigenvalue weighted by molar-refractivity contribution is 0.0695. The van der Waals surface area contributed by atoms with Crippen LogP contribution in [0.3, 0.4) is 0 Å². The van der Waals surface area contributed by atoms with Gasteiger partial charge in [-0.1, -0.05) is 13.0 Å². The summed E-state index contributed by atoms with van der Waals surface area (Å²) in [6.07, 6.45) is 0.626. The molecule has 0 aliphatic carbocycles. The van der Waals surface area contributed by atoms with E-state index < -0.39 is 5.97 Å². The second-order valence-electron chi connectivity index (χ2n) is 3.33. The van der Waals surface area contributed by atoms with Crippen molar-refractivity contribution < 1.29 is 9.90 Å². The van der Waals surface area contributed by atoms with Crippen LogP contribution in [0.1, 0.15) is 23.0 Å². The number of aromatic nitrogens is 1. The highest BCUT2D eigenvalue weighted by molar-refractivity contribution is 7.13. The van der Waals surface area contributed by atoms with Crippen molar-refractivity contribution in [3.05, 3.63) is 40.9 Å². The summed E-state index contributed by atoms with van der Waals surface area (Å²) < 4.78 is 0. The van der Waals surface area contributed by atoms with Crippen molar-refractivity contribution in [2.45, 2.75) is 13.3 Å². The van der Waals surface area contributed by atoms with E-state index in [9.17, 15) is 4.79 Å². The molecule has 4 heteroatoms. The molecule has 0 atom stereocenters. The number of aromatic carboxylic acids is 1. The Hall–Kier alpha value is -1.68. The molecule has 0 saturated heterocycles. The molecule has 0 aliphatic rings. The van der Waals surface area contributed by atoms with Gasteiger partial charge < -0.3 is 5.11 Å². The first-order chi connectivity index (χ1) is 7.72. The quantitative estimate of drug-likeness (QED) is 0.886. The van der Waals surface area contributed by atoms with Crippen LogP contribution < -0.4 is 0 Å². The van der Waals surface area contributed by atoms with Crippen LogP contribution in [-0.4, -0.2) is 16.1 Å². The molecule has 82 valence electrons. The smallest absolute Gasteiger partial charge is 0.337 e. The van der Waals surface area contributed by atoms with Crippen LogP contribution in [0.15, 0.2) is 29.6 Å². The van der Waals surface area contributed by atoms with Crippen LogP contribution in [0, 0.1) is 0 Å². The number of carboxylic acids is 1. The monoisotopic (exact) mass is 233 g/mol. The SMILES string of the molecule is CCc1nc(-c2cccs2)ccc1C(=O)O. The van der Waals surface area contributed by atoms with Gasteiger partial charge >= 0.3 is 5.97 Å². The molecular formula is C12H11NO2S. The Kier molecular flexibility index (Phi) is 3.01. The predicted octanol–water partition coefficient (Wildman–Crippen LogP) is 3.07. The van der Waals surface area contributed by atoms with Gasteiger partial charge in [-0.3, -0.25) is 4.98 Å². The first-order valence-electron chi connectivity index (χ1n) is 4.99. The molecule has 0 aromatic carbocycles. The Labute approximate surface area is 97.4 Å². The molecule has 0 bridgehead atoms. The molecule has 0 saturated carbocycles. The van der Waals surface area contributed by atoms with Crippen molar-refractivity contribution in [2.24, 2.45) is 0 Å². The lowest BCUT2D eigenvalue weighted by atomic mass is 10.1. The molecular weight excluding hydrogens is 222 g/mol. The average molecular weight is 233 g/mol. The van der Waals surface area contributed by atoms with Gasteiger partial charge in [-0.15, -0.1) is 11.3 Å². The van der Waals surface area contributed by atoms with Crippen molar-refractivity contribution in [1.82, 2.24) is 4.98 Å². The third-order valence-electron chi connectivity index (χ3n) is 2.31. The summed E-state index contributed by atoms with van der Waals surface area (Å²) in [6.45, 7) is 1.91. The third-order valence-corrected chi connectivity index (χ3v) is 3.21. The highest BCUT2D eigenvalue weighted by atomic mass is 32.1. The molecule has 0 amide bonds. The summed E-state index contributed by atoms with van der Waals surface area (Å²) in [5, 5.41) is 11.0. The normalized spacial score (nSPS) is 10.3. The van der Waals surface area contributed by atoms with Crippen molar-refractivity contribution in [1.29, 1.82) is 0 Å². The summed E-state index contributed by atoms with van der Waals surface area (Å²) in [5.74, 6) is -0.915. The highest BCUT2D eigenvalue weighted by Crippen LogP contribution is 2.24. The second kappa shape index (κ2) is 4.45. The number of pyridine rings is 1. The average Bonchev–Trinajstić information content (AvgIpc) is 2.81. The first-order valence-corrected chi connectivity index (χ1v) is 5.87. The fraction of sp³-hybridized carbons (Fsp3) is 0.167. The minimum Gasteiger partial charge on any atom is -0.478 e. The number of aryl methyl sites for hydroxylation is 1. The van der Waals surface area contributed by atoms with Gasteiger partial charge in [0.15, 0.2) is 0 Å². The molecule has 2 rings (SSSR count). The predicted molar refractivity (Wildman–Crippen MR) is 63.9 cm³/mol. The second-order valence-corrected chi connectivity index (χ2v) is 4.27. The van der Waals surface area contributed by atoms with Gasteiger partial charge in [-0.2, -0.15) is 0 Å². The lowest BCUT2D eigenvalue weighted by Crippen LogP contribution is -2.04. The molecule has 1 N–H and O–H groups in total. The summed E-state index contributed by atoms with van der Waals surface area (Å²) in [7, 11) is 0. The number of thiophene rings is 1. The Balaban J connectivity index is 2.49. The van der Waals surface area contributed by atoms with Gasteiger partial charge in [0.1, 0.15) is 0 Å². The van der Waals surface area contributed by atoms with Gasteiger partial charge in [0, 0.05) is 0 Å². The molecule has 2 aromatic heterocycles. The Bertz CT molecular complexity index is 506. The van der Waals surface area contributed by atoms with Crippen molar-refractivity contribution >= 4 is 17.3 Å². The minimum atomic E-state index is -0.915. The summed E-state index contributed by atoms with van der Waals surface area (Å²) >= 11 is 1.60. The van der Waals surface area contributed by atoms with E-state index in [1.807, 2.05) is 24.4 Å². The summed E-state index contributed by atoms with van der Waals surface area (Å²) in [4.78, 5) is 16.4. The Morgan fingerprint density at radius 3 is 2.81 bits per heavy atom. The highest BCUT2D eigenvalue weighted by Gasteiger charge is 2.11. The van der Waals surface area contributed by atoms with E-state index in [1.54, 1.807) is 23.5 Å². The fourth-order valence-electron chi connectivity index (χ4n) is 1.53. The number of hydrogen-bond donors (Lipinski definition) is 1. The number of hydrogen-bond acceptors (Lipinski definition) is 3. The fourth-order valence-corrected chi connectivity index (χ4v) is 2.22. The van der Waals surface area contributed by atoms with E-state index in [1.165, 1.54) is 0 Å². The summed E-state index contributed by atoms with van der Waals surface area (Å²) in [5.41, 5.74) is 1.78. The zero-order valence-corrected chi connectivity index (χ0v) is 9.62. The van der Waals surface area contributed by atoms with E-state index in [0.717, 1.165) is 10.6 Å². The van der Waals surface area contributed by atoms with E-state index in [-0.39, 0.29) is 0 Å². The van der Waals surface area contributed by atoms with Gasteiger partial charge in [0.05, 0.1) is 21.8 Å². The Morgan fingerprint density at radius 1 is 1.44 bits per heavy atom. The van der Waals surface area contributed by atoms with Crippen LogP contribution in [0.2, 0.25) is 0 Å². The van der Waals surface area contributed by atoms with Gasteiger partial charge in [0.25, 0.3) is 0 Å². The number of rotatable bonds is 3. The van der Waals surface area contributed by atoms with Gasteiger partial charge in [0.2, 0.25) is 0 Å². The molecule has 3 nitrogen and oxygen atoms in total. The van der Waals surface area contributed by atoms with Crippen LogP contribution in [0.4, 0.5) is 0 Å². The summed E-state index contributed by atoms with van der Waals surface area (Å²) in [6, 6.07) is 7.32. The standard InChI is InChI=1S/C12H11NO2S/c1-2-9-8(12(14)15)5-6-10(13-9)11-4-3-7-16-11/h3-7H,2H2,1H3,(H,14,15). The van der Waals surface area contributed by atoms with Crippen molar-refractivity contribution in [2.75, 3.05) is 0 Å². The van der Waals surface area contributed by atoms with E-state index >= 15 is 0 Å². The first kappa shape index (κ1) is 10.8. The van der Waals surface area contributed by atoms with Crippen LogP contribution >= 0.6 is 11.3 Å². The van der Waals surface area contributed by atoms with Crippen LogP contribution in [-0.2, 0) is 6.42 Å². The molecule has 2 aromatic rings. The zero-order valence-electron chi connectivity index (χ0n) is 8.80. The van der Waals surface area contributed by atoms with Gasteiger partial charge in [-0.05, 0) is 30.0 Å². The van der Waals surface area contributed by atoms with E-state index in [0.29, 0.717) is 17.7 Å². The number of carbonyl (C=O) groups is 1. The van der Waals surface area contributed by atoms with Crippen molar-refractivity contribution in [3.8, 4) is 10.6 Å². The van der Waals surface area contributed by atoms with Crippen molar-refractivity contribution in [3.63, 3.8) is 0 Å².